The van der Waals surface area contributed by atoms with Gasteiger partial charge < -0.3 is 0 Å². The molecule has 0 aromatic carbocycles. The minimum absolute atomic E-state index is 1.16. The molecule has 0 aromatic heterocycles. The normalized spacial score (nSPS) is 32.0. The van der Waals surface area contributed by atoms with Gasteiger partial charge in [-0.25, -0.2) is 0 Å². The van der Waals surface area contributed by atoms with Gasteiger partial charge >= 0.3 is 0 Å². The Hall–Kier alpha value is -1.11. The summed E-state index contributed by atoms with van der Waals surface area (Å²) >= 11 is 0. The van der Waals surface area contributed by atoms with Crippen molar-refractivity contribution in [2.24, 2.45) is 4.99 Å². The van der Waals surface area contributed by atoms with Crippen molar-refractivity contribution in [3.63, 3.8) is 0 Å². The number of hydrogen-bond acceptors (Lipinski definition) is 1. The number of hydrogen-bond donors (Lipinski definition) is 0. The first-order chi connectivity index (χ1) is 8.97. The van der Waals surface area contributed by atoms with Crippen LogP contribution < -0.4 is 0 Å². The highest BCUT2D eigenvalue weighted by atomic mass is 14.7. The van der Waals surface area contributed by atoms with Crippen LogP contribution in [-0.2, 0) is 0 Å². The second-order valence-electron chi connectivity index (χ2n) is 5.28. The lowest BCUT2D eigenvalue weighted by Crippen LogP contribution is -2.03. The highest BCUT2D eigenvalue weighted by Gasteiger charge is 2.07. The number of allylic oxidation sites excluding steroid dienone is 5. The van der Waals surface area contributed by atoms with Gasteiger partial charge in [0.2, 0.25) is 0 Å². The Morgan fingerprint density at radius 1 is 0.778 bits per heavy atom. The van der Waals surface area contributed by atoms with Crippen LogP contribution in [0.5, 0.6) is 0 Å². The molecule has 18 heavy (non-hydrogen) atoms. The molecule has 0 bridgehead atoms. The summed E-state index contributed by atoms with van der Waals surface area (Å²) in [5.41, 5.74) is 2.81. The van der Waals surface area contributed by atoms with Crippen LogP contribution in [0, 0.1) is 0 Å². The summed E-state index contributed by atoms with van der Waals surface area (Å²) in [5.74, 6) is 0. The fourth-order valence-corrected chi connectivity index (χ4v) is 2.62. The van der Waals surface area contributed by atoms with Gasteiger partial charge in [-0.3, -0.25) is 4.99 Å². The number of nitrogens with zero attached hydrogens (tertiary/aromatic N) is 1. The van der Waals surface area contributed by atoms with Gasteiger partial charge in [-0.15, -0.1) is 0 Å². The second kappa shape index (κ2) is 8.07. The predicted molar refractivity (Wildman–Crippen MR) is 80.0 cm³/mol. The molecule has 1 nitrogen and oxygen atoms in total. The summed E-state index contributed by atoms with van der Waals surface area (Å²) in [6, 6.07) is 0. The highest BCUT2D eigenvalue weighted by molar-refractivity contribution is 6.00. The van der Waals surface area contributed by atoms with E-state index in [-0.39, 0.29) is 0 Å². The van der Waals surface area contributed by atoms with Crippen molar-refractivity contribution >= 4 is 5.71 Å². The average Bonchev–Trinajstić information content (AvgIpc) is 2.61. The quantitative estimate of drug-likeness (QED) is 0.588. The van der Waals surface area contributed by atoms with E-state index < -0.39 is 0 Å². The van der Waals surface area contributed by atoms with Gasteiger partial charge in [0.05, 0.1) is 0 Å². The van der Waals surface area contributed by atoms with Crippen molar-refractivity contribution in [1.29, 1.82) is 0 Å². The first kappa shape index (κ1) is 13.3. The van der Waals surface area contributed by atoms with Gasteiger partial charge in [-0.05, 0) is 56.9 Å². The molecule has 98 valence electrons. The summed E-state index contributed by atoms with van der Waals surface area (Å²) < 4.78 is 0. The van der Waals surface area contributed by atoms with Crippen molar-refractivity contribution < 1.29 is 0 Å². The molecular formula is C17H25N. The van der Waals surface area contributed by atoms with E-state index in [9.17, 15) is 0 Å². The highest BCUT2D eigenvalue weighted by Crippen LogP contribution is 2.19. The predicted octanol–water partition coefficient (Wildman–Crippen LogP) is 5.35. The van der Waals surface area contributed by atoms with Gasteiger partial charge in [0.25, 0.3) is 0 Å². The van der Waals surface area contributed by atoms with E-state index in [2.05, 4.69) is 24.3 Å². The molecule has 0 atom stereocenters. The summed E-state index contributed by atoms with van der Waals surface area (Å²) in [7, 11) is 0. The molecule has 0 unspecified atom stereocenters. The largest absolute Gasteiger partial charge is 0.261 e. The number of aliphatic imine (C=N–C) groups is 1. The maximum atomic E-state index is 4.70. The zero-order valence-electron chi connectivity index (χ0n) is 11.4. The minimum Gasteiger partial charge on any atom is -0.261 e. The van der Waals surface area contributed by atoms with Crippen LogP contribution in [0.1, 0.15) is 64.2 Å². The molecule has 0 spiro atoms. The molecule has 1 aliphatic heterocycles. The van der Waals surface area contributed by atoms with E-state index in [1.54, 1.807) is 0 Å². The van der Waals surface area contributed by atoms with E-state index in [1.807, 2.05) is 6.20 Å². The van der Waals surface area contributed by atoms with Gasteiger partial charge in [-0.1, -0.05) is 37.1 Å². The summed E-state index contributed by atoms with van der Waals surface area (Å²) in [6.45, 7) is 0. The third-order valence-corrected chi connectivity index (χ3v) is 3.74. The van der Waals surface area contributed by atoms with Gasteiger partial charge in [0, 0.05) is 11.9 Å². The molecule has 2 rings (SSSR count). The maximum absolute atomic E-state index is 4.70. The van der Waals surface area contributed by atoms with E-state index in [0.717, 1.165) is 6.42 Å². The lowest BCUT2D eigenvalue weighted by atomic mass is 9.98. The second-order valence-corrected chi connectivity index (χ2v) is 5.28. The third kappa shape index (κ3) is 4.64. The Balaban J connectivity index is 2.09. The van der Waals surface area contributed by atoms with Crippen LogP contribution in [0.3, 0.4) is 0 Å². The van der Waals surface area contributed by atoms with Crippen LogP contribution in [0.4, 0.5) is 0 Å². The van der Waals surface area contributed by atoms with Crippen LogP contribution in [0.25, 0.3) is 0 Å². The fourth-order valence-electron chi connectivity index (χ4n) is 2.62. The zero-order chi connectivity index (χ0) is 12.5. The Labute approximate surface area is 111 Å². The van der Waals surface area contributed by atoms with Gasteiger partial charge in [0.15, 0.2) is 0 Å². The first-order valence-corrected chi connectivity index (χ1v) is 7.54. The summed E-state index contributed by atoms with van der Waals surface area (Å²) in [4.78, 5) is 4.70. The molecular weight excluding hydrogens is 218 g/mol. The Kier molecular flexibility index (Phi) is 5.98. The topological polar surface area (TPSA) is 12.4 Å². The average molecular weight is 243 g/mol. The molecule has 0 amide bonds. The smallest absolute Gasteiger partial charge is 0.0435 e. The molecule has 0 aromatic rings. The molecule has 1 heterocycles. The zero-order valence-corrected chi connectivity index (χ0v) is 11.4. The van der Waals surface area contributed by atoms with Crippen LogP contribution in [0.15, 0.2) is 41.1 Å². The van der Waals surface area contributed by atoms with E-state index in [0.29, 0.717) is 0 Å². The van der Waals surface area contributed by atoms with Crippen molar-refractivity contribution in [2.45, 2.75) is 64.2 Å². The molecule has 0 saturated carbocycles. The Bertz CT molecular complexity index is 322. The molecule has 0 radical (unpaired) electrons. The summed E-state index contributed by atoms with van der Waals surface area (Å²) in [6.07, 6.45) is 23.8. The standard InChI is InChI=1S/C17H25N/c1-2-5-9-13-16(12-8-4-1)17-14-10-6-3-7-11-15-18-17/h4,8,11-12,15H,1-3,5-7,9-10,13-14H2/b8-4+,15-11-,16-12-,18-17-. The lowest BCUT2D eigenvalue weighted by molar-refractivity contribution is 0.688. The molecule has 1 heteroatoms. The monoisotopic (exact) mass is 243 g/mol. The van der Waals surface area contributed by atoms with Crippen molar-refractivity contribution in [2.75, 3.05) is 0 Å². The van der Waals surface area contributed by atoms with Crippen molar-refractivity contribution in [3.05, 3.63) is 36.1 Å². The van der Waals surface area contributed by atoms with Crippen LogP contribution in [0.2, 0.25) is 0 Å². The lowest BCUT2D eigenvalue weighted by Gasteiger charge is -2.09. The molecule has 0 fully saturated rings. The fraction of sp³-hybridized carbons (Fsp3) is 0.588. The summed E-state index contributed by atoms with van der Waals surface area (Å²) in [5, 5.41) is 0. The molecule has 1 aliphatic carbocycles. The molecule has 0 N–H and O–H groups in total. The SMILES string of the molecule is C1=C/N=C(\C2=C/C=C/CCCCC2)CCCCC\1. The third-order valence-electron chi connectivity index (χ3n) is 3.74. The van der Waals surface area contributed by atoms with E-state index >= 15 is 0 Å². The maximum Gasteiger partial charge on any atom is 0.0435 e. The van der Waals surface area contributed by atoms with Gasteiger partial charge in [0.1, 0.15) is 0 Å². The van der Waals surface area contributed by atoms with Crippen LogP contribution >= 0.6 is 0 Å². The van der Waals surface area contributed by atoms with E-state index in [1.165, 1.54) is 69.1 Å². The number of rotatable bonds is 1. The minimum atomic E-state index is 1.16. The molecule has 2 aliphatic rings. The van der Waals surface area contributed by atoms with Crippen LogP contribution in [-0.4, -0.2) is 5.71 Å². The van der Waals surface area contributed by atoms with Crippen molar-refractivity contribution in [3.8, 4) is 0 Å². The Morgan fingerprint density at radius 3 is 2.44 bits per heavy atom. The first-order valence-electron chi connectivity index (χ1n) is 7.54. The van der Waals surface area contributed by atoms with Gasteiger partial charge in [-0.2, -0.15) is 0 Å². The molecule has 0 saturated heterocycles. The van der Waals surface area contributed by atoms with Crippen molar-refractivity contribution in [1.82, 2.24) is 0 Å². The Morgan fingerprint density at radius 2 is 1.56 bits per heavy atom. The van der Waals surface area contributed by atoms with E-state index in [4.69, 9.17) is 4.99 Å².